The van der Waals surface area contributed by atoms with Crippen LogP contribution in [0.2, 0.25) is 0 Å². The van der Waals surface area contributed by atoms with Gasteiger partial charge in [-0.25, -0.2) is 9.37 Å². The van der Waals surface area contributed by atoms with Crippen LogP contribution in [0.5, 0.6) is 17.2 Å². The van der Waals surface area contributed by atoms with Gasteiger partial charge in [0.15, 0.2) is 28.8 Å². The van der Waals surface area contributed by atoms with Gasteiger partial charge >= 0.3 is 0 Å². The van der Waals surface area contributed by atoms with Gasteiger partial charge in [0.25, 0.3) is 11.8 Å². The van der Waals surface area contributed by atoms with Gasteiger partial charge in [-0.15, -0.1) is 0 Å². The molecule has 0 radical (unpaired) electrons. The van der Waals surface area contributed by atoms with Crippen molar-refractivity contribution in [3.8, 4) is 17.2 Å². The molecule has 2 aromatic carbocycles. The molecule has 0 saturated carbocycles. The number of benzene rings is 2. The molecule has 0 saturated heterocycles. The zero-order chi connectivity index (χ0) is 32.3. The molecule has 240 valence electrons. The molecule has 4 amide bonds. The molecule has 13 nitrogen and oxygen atoms in total. The smallest absolute Gasteiger partial charge is 0.275 e. The predicted octanol–water partition coefficient (Wildman–Crippen LogP) is 2.64. The van der Waals surface area contributed by atoms with E-state index in [1.54, 1.807) is 25.1 Å². The van der Waals surface area contributed by atoms with Crippen molar-refractivity contribution in [2.24, 2.45) is 5.73 Å². The summed E-state index contributed by atoms with van der Waals surface area (Å²) in [5.74, 6) is -1.73. The summed E-state index contributed by atoms with van der Waals surface area (Å²) in [6, 6.07) is 7.99. The third kappa shape index (κ3) is 8.79. The van der Waals surface area contributed by atoms with Gasteiger partial charge in [-0.2, -0.15) is 0 Å². The Morgan fingerprint density at radius 2 is 1.91 bits per heavy atom. The maximum atomic E-state index is 15.0. The number of hydrogen-bond acceptors (Lipinski definition) is 9. The summed E-state index contributed by atoms with van der Waals surface area (Å²) in [5, 5.41) is 8.26. The number of oxazole rings is 1. The molecule has 0 fully saturated rings. The minimum atomic E-state index is -0.794. The highest BCUT2D eigenvalue weighted by molar-refractivity contribution is 5.95. The highest BCUT2D eigenvalue weighted by Gasteiger charge is 2.22. The van der Waals surface area contributed by atoms with Gasteiger partial charge < -0.3 is 40.5 Å². The van der Waals surface area contributed by atoms with E-state index >= 15 is 4.39 Å². The molecule has 0 spiro atoms. The quantitative estimate of drug-likeness (QED) is 0.340. The average molecular weight is 625 g/mol. The van der Waals surface area contributed by atoms with Crippen molar-refractivity contribution in [2.45, 2.75) is 51.7 Å². The summed E-state index contributed by atoms with van der Waals surface area (Å²) < 4.78 is 31.3. The van der Waals surface area contributed by atoms with Crippen LogP contribution in [0.1, 0.15) is 64.9 Å². The third-order valence-corrected chi connectivity index (χ3v) is 7.12. The zero-order valence-electron chi connectivity index (χ0n) is 25.2. The molecule has 2 aliphatic heterocycles. The first-order valence-corrected chi connectivity index (χ1v) is 14.7. The van der Waals surface area contributed by atoms with Gasteiger partial charge in [0.1, 0.15) is 12.3 Å². The molecule has 1 aromatic heterocycles. The normalized spacial score (nSPS) is 17.1. The third-order valence-electron chi connectivity index (χ3n) is 7.12. The Hall–Kier alpha value is -4.98. The predicted molar refractivity (Wildman–Crippen MR) is 160 cm³/mol. The number of carbonyl (C=O) groups is 4. The Morgan fingerprint density at radius 3 is 2.62 bits per heavy atom. The Bertz CT molecular complexity index is 1530. The van der Waals surface area contributed by atoms with E-state index in [0.717, 1.165) is 0 Å². The van der Waals surface area contributed by atoms with E-state index in [9.17, 15) is 19.2 Å². The lowest BCUT2D eigenvalue weighted by molar-refractivity contribution is -0.129. The van der Waals surface area contributed by atoms with E-state index in [1.807, 2.05) is 0 Å². The number of halogens is 1. The molecule has 3 aromatic rings. The Kier molecular flexibility index (Phi) is 11.5. The van der Waals surface area contributed by atoms with Crippen LogP contribution in [-0.2, 0) is 22.7 Å². The number of nitrogens with one attached hydrogen (secondary N) is 3. The molecule has 1 atom stereocenters. The molecule has 2 aliphatic rings. The summed E-state index contributed by atoms with van der Waals surface area (Å²) >= 11 is 0. The van der Waals surface area contributed by atoms with Crippen molar-refractivity contribution in [3.63, 3.8) is 0 Å². The fraction of sp³-hybridized carbons (Fsp3) is 0.387. The number of aromatic nitrogens is 1. The number of amides is 4. The SMILES string of the molecule is CC[C@@H]1NC(=O)CCCN(C(=O)c2coc(CN)n2)CCCNC(=O)c2ccc(OC)c(c2)Oc2ccc(cc2F)CNC1=O. The van der Waals surface area contributed by atoms with Gasteiger partial charge in [0.2, 0.25) is 17.7 Å². The summed E-state index contributed by atoms with van der Waals surface area (Å²) in [5.41, 5.74) is 6.37. The summed E-state index contributed by atoms with van der Waals surface area (Å²) in [4.78, 5) is 57.3. The molecule has 3 heterocycles. The topological polar surface area (TPSA) is 178 Å². The maximum absolute atomic E-state index is 15.0. The standard InChI is InChI=1S/C31H37FN6O7/c1-3-22-30(41)35-17-19-7-9-24(21(32)14-19)45-26-15-20(8-10-25(26)43-2)29(40)34-11-5-13-38(12-4-6-27(39)36-22)31(42)23-18-44-28(16-33)37-23/h7-10,14-15,18,22H,3-6,11-13,16-17,33H2,1-2H3,(H,34,40)(H,35,41)(H,36,39)/t22-/m0/s1. The lowest BCUT2D eigenvalue weighted by Gasteiger charge is -2.22. The summed E-state index contributed by atoms with van der Waals surface area (Å²) in [7, 11) is 1.43. The molecular formula is C31H37FN6O7. The highest BCUT2D eigenvalue weighted by atomic mass is 19.1. The number of fused-ring (bicyclic) bond motifs is 16. The second kappa shape index (κ2) is 15.7. The number of hydrogen-bond donors (Lipinski definition) is 4. The molecule has 0 aliphatic carbocycles. The van der Waals surface area contributed by atoms with Crippen LogP contribution in [0, 0.1) is 5.82 Å². The Morgan fingerprint density at radius 1 is 1.11 bits per heavy atom. The molecule has 14 heteroatoms. The van der Waals surface area contributed by atoms with Crippen molar-refractivity contribution >= 4 is 23.6 Å². The molecule has 4 bridgehead atoms. The van der Waals surface area contributed by atoms with Gasteiger partial charge in [-0.3, -0.25) is 19.2 Å². The molecule has 5 rings (SSSR count). The van der Waals surface area contributed by atoms with Crippen LogP contribution in [-0.4, -0.2) is 66.3 Å². The minimum Gasteiger partial charge on any atom is -0.493 e. The van der Waals surface area contributed by atoms with E-state index in [2.05, 4.69) is 20.9 Å². The van der Waals surface area contributed by atoms with Crippen LogP contribution in [0.25, 0.3) is 0 Å². The number of ether oxygens (including phenoxy) is 2. The summed E-state index contributed by atoms with van der Waals surface area (Å²) in [6.07, 6.45) is 2.33. The van der Waals surface area contributed by atoms with E-state index in [0.29, 0.717) is 30.6 Å². The maximum Gasteiger partial charge on any atom is 0.275 e. The second-order valence-corrected chi connectivity index (χ2v) is 10.3. The van der Waals surface area contributed by atoms with Gasteiger partial charge in [0, 0.05) is 38.2 Å². The van der Waals surface area contributed by atoms with Gasteiger partial charge in [-0.1, -0.05) is 13.0 Å². The van der Waals surface area contributed by atoms with Crippen LogP contribution >= 0.6 is 0 Å². The Labute approximate surface area is 259 Å². The van der Waals surface area contributed by atoms with E-state index < -0.39 is 29.6 Å². The van der Waals surface area contributed by atoms with Crippen molar-refractivity contribution < 1.29 is 37.5 Å². The number of nitrogens with two attached hydrogens (primary N) is 1. The second-order valence-electron chi connectivity index (χ2n) is 10.3. The largest absolute Gasteiger partial charge is 0.493 e. The molecule has 0 unspecified atom stereocenters. The highest BCUT2D eigenvalue weighted by Crippen LogP contribution is 2.34. The minimum absolute atomic E-state index is 0.0202. The monoisotopic (exact) mass is 624 g/mol. The van der Waals surface area contributed by atoms with Crippen molar-refractivity contribution in [1.29, 1.82) is 0 Å². The average Bonchev–Trinajstić information content (AvgIpc) is 3.53. The lowest BCUT2D eigenvalue weighted by Crippen LogP contribution is -2.46. The van der Waals surface area contributed by atoms with Crippen molar-refractivity contribution in [2.75, 3.05) is 26.7 Å². The van der Waals surface area contributed by atoms with Crippen molar-refractivity contribution in [1.82, 2.24) is 25.8 Å². The fourth-order valence-corrected chi connectivity index (χ4v) is 4.67. The van der Waals surface area contributed by atoms with E-state index in [1.165, 1.54) is 36.5 Å². The first kappa shape index (κ1) is 32.9. The fourth-order valence-electron chi connectivity index (χ4n) is 4.67. The van der Waals surface area contributed by atoms with E-state index in [4.69, 9.17) is 19.6 Å². The number of methoxy groups -OCH3 is 1. The van der Waals surface area contributed by atoms with Crippen LogP contribution in [0.4, 0.5) is 4.39 Å². The van der Waals surface area contributed by atoms with Crippen LogP contribution < -0.4 is 31.2 Å². The number of nitrogens with zero attached hydrogens (tertiary/aromatic N) is 2. The first-order chi connectivity index (χ1) is 21.7. The Balaban J connectivity index is 1.56. The molecule has 5 N–H and O–H groups in total. The van der Waals surface area contributed by atoms with Crippen LogP contribution in [0.3, 0.4) is 0 Å². The van der Waals surface area contributed by atoms with Gasteiger partial charge in [-0.05, 0) is 55.2 Å². The lowest BCUT2D eigenvalue weighted by atomic mass is 10.1. The van der Waals surface area contributed by atoms with E-state index in [-0.39, 0.29) is 73.7 Å². The number of carbonyl (C=O) groups excluding carboxylic acids is 4. The number of rotatable bonds is 4. The molecular weight excluding hydrogens is 587 g/mol. The summed E-state index contributed by atoms with van der Waals surface area (Å²) in [6.45, 7) is 2.50. The van der Waals surface area contributed by atoms with Crippen LogP contribution in [0.15, 0.2) is 47.1 Å². The first-order valence-electron chi connectivity index (χ1n) is 14.7. The molecule has 45 heavy (non-hydrogen) atoms. The van der Waals surface area contributed by atoms with Gasteiger partial charge in [0.05, 0.1) is 13.7 Å². The zero-order valence-corrected chi connectivity index (χ0v) is 25.2. The van der Waals surface area contributed by atoms with Crippen molar-refractivity contribution in [3.05, 3.63) is 71.2 Å².